The average Bonchev–Trinajstić information content (AvgIpc) is 1.91. The van der Waals surface area contributed by atoms with Gasteiger partial charge in [0.15, 0.2) is 5.69 Å². The Hall–Kier alpha value is -1.06. The molecule has 7 heavy (non-hydrogen) atoms. The summed E-state index contributed by atoms with van der Waals surface area (Å²) in [5.41, 5.74) is 5.11. The fourth-order valence-electron chi connectivity index (χ4n) is 0.313. The SMILES string of the molecule is Nc1c[nH+][nH]c1F. The van der Waals surface area contributed by atoms with Crippen LogP contribution in [0, 0.1) is 5.95 Å². The second kappa shape index (κ2) is 1.22. The van der Waals surface area contributed by atoms with Gasteiger partial charge in [0, 0.05) is 0 Å². The fraction of sp³-hybridized carbons (Fsp3) is 0. The quantitative estimate of drug-likeness (QED) is 0.458. The smallest absolute Gasteiger partial charge is 0.271 e. The van der Waals surface area contributed by atoms with E-state index in [9.17, 15) is 4.39 Å². The molecule has 1 aromatic heterocycles. The van der Waals surface area contributed by atoms with Gasteiger partial charge in [0.05, 0.1) is 0 Å². The molecule has 1 heterocycles. The number of H-pyrrole nitrogens is 2. The van der Waals surface area contributed by atoms with Gasteiger partial charge in [-0.15, -0.1) is 10.2 Å². The number of aromatic nitrogens is 2. The molecule has 0 radical (unpaired) electrons. The number of rotatable bonds is 0. The Bertz CT molecular complexity index is 142. The van der Waals surface area contributed by atoms with E-state index in [-0.39, 0.29) is 5.69 Å². The van der Waals surface area contributed by atoms with Gasteiger partial charge >= 0.3 is 0 Å². The maximum Gasteiger partial charge on any atom is 0.271 e. The topological polar surface area (TPSA) is 55.9 Å². The molecule has 0 aromatic carbocycles. The first-order valence-corrected chi connectivity index (χ1v) is 1.81. The molecule has 3 nitrogen and oxygen atoms in total. The number of aromatic amines is 2. The van der Waals surface area contributed by atoms with Crippen LogP contribution in [0.4, 0.5) is 10.1 Å². The molecule has 0 aliphatic rings. The van der Waals surface area contributed by atoms with Crippen molar-refractivity contribution in [1.82, 2.24) is 5.10 Å². The summed E-state index contributed by atoms with van der Waals surface area (Å²) < 4.78 is 11.9. The Kier molecular flexibility index (Phi) is 0.714. The zero-order valence-electron chi connectivity index (χ0n) is 3.53. The number of nitrogen functional groups attached to an aromatic ring is 1. The second-order valence-electron chi connectivity index (χ2n) is 1.18. The Labute approximate surface area is 39.3 Å². The number of anilines is 1. The number of halogens is 1. The molecule has 0 unspecified atom stereocenters. The second-order valence-corrected chi connectivity index (χ2v) is 1.18. The Balaban J connectivity index is 3.12. The summed E-state index contributed by atoms with van der Waals surface area (Å²) in [4.78, 5) is 0. The van der Waals surface area contributed by atoms with Crippen molar-refractivity contribution in [3.8, 4) is 0 Å². The molecule has 0 atom stereocenters. The molecule has 0 aliphatic carbocycles. The number of hydrogen-bond acceptors (Lipinski definition) is 1. The monoisotopic (exact) mass is 102 g/mol. The average molecular weight is 102 g/mol. The lowest BCUT2D eigenvalue weighted by Gasteiger charge is -1.70. The standard InChI is InChI=1S/C3H4FN3/c4-3-2(5)1-6-7-3/h1H,5H2,(H,6,7)/p+1. The van der Waals surface area contributed by atoms with Gasteiger partial charge in [-0.1, -0.05) is 0 Å². The van der Waals surface area contributed by atoms with Crippen LogP contribution in [0.15, 0.2) is 6.20 Å². The summed E-state index contributed by atoms with van der Waals surface area (Å²) >= 11 is 0. The molecule has 0 saturated heterocycles. The zero-order valence-corrected chi connectivity index (χ0v) is 3.53. The van der Waals surface area contributed by atoms with Crippen molar-refractivity contribution >= 4 is 5.69 Å². The third-order valence-electron chi connectivity index (χ3n) is 0.663. The minimum Gasteiger partial charge on any atom is -0.390 e. The van der Waals surface area contributed by atoms with Gasteiger partial charge in [-0.25, -0.2) is 0 Å². The lowest BCUT2D eigenvalue weighted by Crippen LogP contribution is -1.98. The molecule has 0 spiro atoms. The first kappa shape index (κ1) is 4.11. The van der Waals surface area contributed by atoms with E-state index >= 15 is 0 Å². The zero-order chi connectivity index (χ0) is 5.28. The molecule has 4 heteroatoms. The van der Waals surface area contributed by atoms with E-state index in [1.165, 1.54) is 6.20 Å². The summed E-state index contributed by atoms with van der Waals surface area (Å²) in [6.07, 6.45) is 1.34. The van der Waals surface area contributed by atoms with Gasteiger partial charge < -0.3 is 5.73 Å². The molecule has 0 fully saturated rings. The Morgan fingerprint density at radius 1 is 1.86 bits per heavy atom. The van der Waals surface area contributed by atoms with Gasteiger partial charge in [-0.3, -0.25) is 0 Å². The molecular weight excluding hydrogens is 97.1 g/mol. The van der Waals surface area contributed by atoms with E-state index in [1.54, 1.807) is 0 Å². The third-order valence-corrected chi connectivity index (χ3v) is 0.663. The minimum absolute atomic E-state index is 0.111. The van der Waals surface area contributed by atoms with Gasteiger partial charge in [0.25, 0.3) is 5.95 Å². The molecule has 38 valence electrons. The predicted octanol–water partition coefficient (Wildman–Crippen LogP) is -0.450. The highest BCUT2D eigenvalue weighted by Gasteiger charge is 1.99. The van der Waals surface area contributed by atoms with Crippen molar-refractivity contribution in [2.45, 2.75) is 0 Å². The highest BCUT2D eigenvalue weighted by Crippen LogP contribution is 1.97. The predicted molar refractivity (Wildman–Crippen MR) is 21.7 cm³/mol. The lowest BCUT2D eigenvalue weighted by atomic mass is 10.6. The molecule has 1 rings (SSSR count). The van der Waals surface area contributed by atoms with Crippen LogP contribution in [0.3, 0.4) is 0 Å². The summed E-state index contributed by atoms with van der Waals surface area (Å²) in [5, 5.41) is 4.52. The first-order chi connectivity index (χ1) is 3.30. The van der Waals surface area contributed by atoms with E-state index < -0.39 is 5.95 Å². The summed E-state index contributed by atoms with van der Waals surface area (Å²) in [6.45, 7) is 0. The van der Waals surface area contributed by atoms with Crippen molar-refractivity contribution in [1.29, 1.82) is 0 Å². The van der Waals surface area contributed by atoms with Crippen LogP contribution in [0.5, 0.6) is 0 Å². The fourth-order valence-corrected chi connectivity index (χ4v) is 0.313. The van der Waals surface area contributed by atoms with Crippen molar-refractivity contribution in [3.63, 3.8) is 0 Å². The minimum atomic E-state index is -0.514. The first-order valence-electron chi connectivity index (χ1n) is 1.81. The van der Waals surface area contributed by atoms with Gasteiger partial charge in [0.1, 0.15) is 0 Å². The highest BCUT2D eigenvalue weighted by atomic mass is 19.1. The summed E-state index contributed by atoms with van der Waals surface area (Å²) in [6, 6.07) is 0. The van der Waals surface area contributed by atoms with Gasteiger partial charge in [0.2, 0.25) is 6.20 Å². The largest absolute Gasteiger partial charge is 0.390 e. The van der Waals surface area contributed by atoms with Crippen LogP contribution in [0.2, 0.25) is 0 Å². The molecule has 4 N–H and O–H groups in total. The van der Waals surface area contributed by atoms with E-state index in [0.717, 1.165) is 0 Å². The third kappa shape index (κ3) is 0.534. The maximum absolute atomic E-state index is 11.9. The van der Waals surface area contributed by atoms with E-state index in [1.807, 2.05) is 0 Å². The molecular formula is C3H5FN3+. The van der Waals surface area contributed by atoms with Crippen LogP contribution in [0.1, 0.15) is 0 Å². The number of nitrogens with two attached hydrogens (primary N) is 1. The van der Waals surface area contributed by atoms with Crippen molar-refractivity contribution in [2.24, 2.45) is 0 Å². The van der Waals surface area contributed by atoms with Crippen LogP contribution in [-0.4, -0.2) is 5.10 Å². The summed E-state index contributed by atoms with van der Waals surface area (Å²) in [7, 11) is 0. The van der Waals surface area contributed by atoms with Crippen molar-refractivity contribution in [2.75, 3.05) is 5.73 Å². The van der Waals surface area contributed by atoms with Crippen molar-refractivity contribution < 1.29 is 9.49 Å². The normalized spacial score (nSPS) is 9.29. The van der Waals surface area contributed by atoms with Gasteiger partial charge in [-0.05, 0) is 0 Å². The van der Waals surface area contributed by atoms with Crippen LogP contribution < -0.4 is 10.8 Å². The summed E-state index contributed by atoms with van der Waals surface area (Å²) in [5.74, 6) is -0.514. The maximum atomic E-state index is 11.9. The van der Waals surface area contributed by atoms with Crippen LogP contribution in [0.25, 0.3) is 0 Å². The Morgan fingerprint density at radius 2 is 2.57 bits per heavy atom. The molecule has 0 bridgehead atoms. The van der Waals surface area contributed by atoms with Gasteiger partial charge in [-0.2, -0.15) is 4.39 Å². The molecule has 1 aromatic rings. The van der Waals surface area contributed by atoms with E-state index in [0.29, 0.717) is 0 Å². The van der Waals surface area contributed by atoms with Crippen LogP contribution >= 0.6 is 0 Å². The number of hydrogen-bond donors (Lipinski definition) is 2. The molecule has 0 amide bonds. The van der Waals surface area contributed by atoms with Crippen LogP contribution in [-0.2, 0) is 0 Å². The Morgan fingerprint density at radius 3 is 2.71 bits per heavy atom. The molecule has 0 saturated carbocycles. The van der Waals surface area contributed by atoms with E-state index in [2.05, 4.69) is 10.2 Å². The highest BCUT2D eigenvalue weighted by molar-refractivity contribution is 5.29. The number of nitrogens with one attached hydrogen (secondary N) is 2. The lowest BCUT2D eigenvalue weighted by molar-refractivity contribution is -0.452. The molecule has 0 aliphatic heterocycles. The van der Waals surface area contributed by atoms with E-state index in [4.69, 9.17) is 5.73 Å². The van der Waals surface area contributed by atoms with Crippen molar-refractivity contribution in [3.05, 3.63) is 12.1 Å².